The van der Waals surface area contributed by atoms with Gasteiger partial charge >= 0.3 is 0 Å². The van der Waals surface area contributed by atoms with Gasteiger partial charge in [0.05, 0.1) is 0 Å². The lowest BCUT2D eigenvalue weighted by Crippen LogP contribution is -2.19. The van der Waals surface area contributed by atoms with Crippen molar-refractivity contribution in [2.75, 3.05) is 6.54 Å². The first-order valence-electron chi connectivity index (χ1n) is 4.80. The molecule has 1 aromatic rings. The predicted molar refractivity (Wildman–Crippen MR) is 54.8 cm³/mol. The SMILES string of the molecule is CCNC(CC)c1ccc(O)cc1. The molecule has 0 spiro atoms. The molecule has 0 saturated heterocycles. The van der Waals surface area contributed by atoms with Gasteiger partial charge in [0, 0.05) is 6.04 Å². The van der Waals surface area contributed by atoms with Crippen molar-refractivity contribution in [1.29, 1.82) is 0 Å². The highest BCUT2D eigenvalue weighted by Crippen LogP contribution is 2.18. The Labute approximate surface area is 79.6 Å². The molecule has 0 saturated carbocycles. The smallest absolute Gasteiger partial charge is 0.115 e. The second-order valence-corrected chi connectivity index (χ2v) is 3.11. The number of aromatic hydroxyl groups is 1. The van der Waals surface area contributed by atoms with Gasteiger partial charge in [-0.05, 0) is 30.7 Å². The third-order valence-electron chi connectivity index (χ3n) is 2.15. The van der Waals surface area contributed by atoms with Gasteiger partial charge in [-0.25, -0.2) is 0 Å². The molecule has 1 atom stereocenters. The molecular formula is C11H17NO. The summed E-state index contributed by atoms with van der Waals surface area (Å²) in [6.07, 6.45) is 1.07. The van der Waals surface area contributed by atoms with E-state index in [0.717, 1.165) is 13.0 Å². The third kappa shape index (κ3) is 2.74. The molecule has 0 aromatic heterocycles. The lowest BCUT2D eigenvalue weighted by Gasteiger charge is -2.15. The van der Waals surface area contributed by atoms with Crippen LogP contribution in [-0.2, 0) is 0 Å². The van der Waals surface area contributed by atoms with E-state index in [4.69, 9.17) is 5.11 Å². The minimum atomic E-state index is 0.329. The van der Waals surface area contributed by atoms with Gasteiger partial charge in [-0.1, -0.05) is 26.0 Å². The minimum absolute atomic E-state index is 0.329. The van der Waals surface area contributed by atoms with Crippen molar-refractivity contribution in [2.45, 2.75) is 26.3 Å². The number of rotatable bonds is 4. The highest BCUT2D eigenvalue weighted by Gasteiger charge is 2.06. The Morgan fingerprint density at radius 3 is 2.31 bits per heavy atom. The Kier molecular flexibility index (Phi) is 3.77. The first kappa shape index (κ1) is 10.1. The molecule has 1 unspecified atom stereocenters. The Balaban J connectivity index is 2.73. The summed E-state index contributed by atoms with van der Waals surface area (Å²) < 4.78 is 0. The maximum absolute atomic E-state index is 9.12. The fourth-order valence-electron chi connectivity index (χ4n) is 1.45. The highest BCUT2D eigenvalue weighted by atomic mass is 16.3. The molecule has 0 aliphatic heterocycles. The first-order chi connectivity index (χ1) is 6.27. The molecule has 1 rings (SSSR count). The van der Waals surface area contributed by atoms with E-state index in [1.807, 2.05) is 12.1 Å². The van der Waals surface area contributed by atoms with Gasteiger partial charge in [0.15, 0.2) is 0 Å². The second-order valence-electron chi connectivity index (χ2n) is 3.11. The highest BCUT2D eigenvalue weighted by molar-refractivity contribution is 5.27. The molecule has 0 fully saturated rings. The van der Waals surface area contributed by atoms with E-state index >= 15 is 0 Å². The van der Waals surface area contributed by atoms with Crippen LogP contribution in [0.3, 0.4) is 0 Å². The Bertz CT molecular complexity index is 243. The quantitative estimate of drug-likeness (QED) is 0.744. The van der Waals surface area contributed by atoms with Crippen LogP contribution in [0.15, 0.2) is 24.3 Å². The fraction of sp³-hybridized carbons (Fsp3) is 0.455. The zero-order chi connectivity index (χ0) is 9.68. The van der Waals surface area contributed by atoms with Crippen LogP contribution in [0.25, 0.3) is 0 Å². The van der Waals surface area contributed by atoms with Gasteiger partial charge in [-0.2, -0.15) is 0 Å². The molecule has 2 N–H and O–H groups in total. The van der Waals surface area contributed by atoms with Crippen molar-refractivity contribution in [2.24, 2.45) is 0 Å². The Morgan fingerprint density at radius 2 is 1.85 bits per heavy atom. The molecule has 0 amide bonds. The van der Waals surface area contributed by atoms with Crippen molar-refractivity contribution >= 4 is 0 Å². The van der Waals surface area contributed by atoms with E-state index in [-0.39, 0.29) is 0 Å². The number of phenols is 1. The van der Waals surface area contributed by atoms with Crippen LogP contribution < -0.4 is 5.32 Å². The normalized spacial score (nSPS) is 12.8. The number of benzene rings is 1. The molecular weight excluding hydrogens is 162 g/mol. The summed E-state index contributed by atoms with van der Waals surface area (Å²) in [7, 11) is 0. The maximum Gasteiger partial charge on any atom is 0.115 e. The van der Waals surface area contributed by atoms with E-state index < -0.39 is 0 Å². The van der Waals surface area contributed by atoms with E-state index in [1.165, 1.54) is 5.56 Å². The average molecular weight is 179 g/mol. The van der Waals surface area contributed by atoms with Gasteiger partial charge < -0.3 is 10.4 Å². The fourth-order valence-corrected chi connectivity index (χ4v) is 1.45. The number of nitrogens with one attached hydrogen (secondary N) is 1. The topological polar surface area (TPSA) is 32.3 Å². The summed E-state index contributed by atoms with van der Waals surface area (Å²) in [4.78, 5) is 0. The van der Waals surface area contributed by atoms with Crippen LogP contribution in [0.2, 0.25) is 0 Å². The molecule has 0 heterocycles. The second kappa shape index (κ2) is 4.87. The zero-order valence-electron chi connectivity index (χ0n) is 8.25. The van der Waals surface area contributed by atoms with Crippen LogP contribution in [0, 0.1) is 0 Å². The predicted octanol–water partition coefficient (Wildman–Crippen LogP) is 2.45. The molecule has 2 nitrogen and oxygen atoms in total. The molecule has 2 heteroatoms. The van der Waals surface area contributed by atoms with Gasteiger partial charge in [0.25, 0.3) is 0 Å². The van der Waals surface area contributed by atoms with Crippen molar-refractivity contribution in [3.8, 4) is 5.75 Å². The molecule has 0 aliphatic rings. The van der Waals surface area contributed by atoms with Crippen molar-refractivity contribution in [1.82, 2.24) is 5.32 Å². The summed E-state index contributed by atoms with van der Waals surface area (Å²) in [5.74, 6) is 0.329. The summed E-state index contributed by atoms with van der Waals surface area (Å²) in [6.45, 7) is 5.22. The van der Waals surface area contributed by atoms with Gasteiger partial charge in [0.1, 0.15) is 5.75 Å². The maximum atomic E-state index is 9.12. The number of hydrogen-bond donors (Lipinski definition) is 2. The summed E-state index contributed by atoms with van der Waals surface area (Å²) >= 11 is 0. The van der Waals surface area contributed by atoms with Gasteiger partial charge in [0.2, 0.25) is 0 Å². The van der Waals surface area contributed by atoms with Crippen LogP contribution in [0.1, 0.15) is 31.9 Å². The molecule has 72 valence electrons. The minimum Gasteiger partial charge on any atom is -0.508 e. The van der Waals surface area contributed by atoms with E-state index in [1.54, 1.807) is 12.1 Å². The van der Waals surface area contributed by atoms with E-state index in [9.17, 15) is 0 Å². The Morgan fingerprint density at radius 1 is 1.23 bits per heavy atom. The van der Waals surface area contributed by atoms with Gasteiger partial charge in [-0.15, -0.1) is 0 Å². The van der Waals surface area contributed by atoms with Crippen LogP contribution in [-0.4, -0.2) is 11.7 Å². The van der Waals surface area contributed by atoms with Crippen LogP contribution >= 0.6 is 0 Å². The molecule has 0 bridgehead atoms. The van der Waals surface area contributed by atoms with Crippen LogP contribution in [0.5, 0.6) is 5.75 Å². The van der Waals surface area contributed by atoms with Crippen LogP contribution in [0.4, 0.5) is 0 Å². The first-order valence-corrected chi connectivity index (χ1v) is 4.80. The largest absolute Gasteiger partial charge is 0.508 e. The third-order valence-corrected chi connectivity index (χ3v) is 2.15. The summed E-state index contributed by atoms with van der Waals surface area (Å²) in [6, 6.07) is 7.80. The summed E-state index contributed by atoms with van der Waals surface area (Å²) in [5.41, 5.74) is 1.24. The lowest BCUT2D eigenvalue weighted by molar-refractivity contribution is 0.473. The van der Waals surface area contributed by atoms with E-state index in [2.05, 4.69) is 19.2 Å². The molecule has 13 heavy (non-hydrogen) atoms. The van der Waals surface area contributed by atoms with Crippen molar-refractivity contribution < 1.29 is 5.11 Å². The number of hydrogen-bond acceptors (Lipinski definition) is 2. The van der Waals surface area contributed by atoms with E-state index in [0.29, 0.717) is 11.8 Å². The standard InChI is InChI=1S/C11H17NO/c1-3-11(12-4-2)9-5-7-10(13)8-6-9/h5-8,11-13H,3-4H2,1-2H3. The molecule has 0 aliphatic carbocycles. The van der Waals surface area contributed by atoms with Crippen molar-refractivity contribution in [3.63, 3.8) is 0 Å². The molecule has 0 radical (unpaired) electrons. The zero-order valence-corrected chi connectivity index (χ0v) is 8.25. The summed E-state index contributed by atoms with van der Waals surface area (Å²) in [5, 5.41) is 12.5. The number of phenolic OH excluding ortho intramolecular Hbond substituents is 1. The Hall–Kier alpha value is -1.02. The lowest BCUT2D eigenvalue weighted by atomic mass is 10.0. The monoisotopic (exact) mass is 179 g/mol. The molecule has 1 aromatic carbocycles. The van der Waals surface area contributed by atoms with Crippen molar-refractivity contribution in [3.05, 3.63) is 29.8 Å². The van der Waals surface area contributed by atoms with Gasteiger partial charge in [-0.3, -0.25) is 0 Å². The average Bonchev–Trinajstić information content (AvgIpc) is 2.16.